The second kappa shape index (κ2) is 20.2. The molecule has 0 radical (unpaired) electrons. The van der Waals surface area contributed by atoms with Crippen LogP contribution in [0.5, 0.6) is 34.5 Å². The standard InChI is InChI=1S/C40H36N8O10S2/c1-53-33-17-25(21-41-45-39-43-31(23-59-39)27-7-11-29(12-8-27)47(49)50)18-34(54-2)37(33)57-15-5-6-16-58-38-35(55-3)19-26(20-36(38)56-4)22-42-46-40-44-32(24-60-40)28-9-13-30(14-10-28)48(51)52/h5-14,17-24H,15-16H2,1-4H3,(H,43,45)(H,44,46)/b6-5+,41-21+,42-22+. The van der Waals surface area contributed by atoms with E-state index < -0.39 is 9.85 Å². The molecule has 308 valence electrons. The molecule has 0 aliphatic rings. The molecular formula is C40H36N8O10S2. The topological polar surface area (TPSA) is 216 Å². The molecule has 2 aromatic heterocycles. The number of nitro benzene ring substituents is 2. The van der Waals surface area contributed by atoms with Crippen molar-refractivity contribution in [1.29, 1.82) is 0 Å². The number of hydrogen-bond donors (Lipinski definition) is 2. The first-order valence-electron chi connectivity index (χ1n) is 17.6. The van der Waals surface area contributed by atoms with E-state index in [0.717, 1.165) is 11.1 Å². The van der Waals surface area contributed by atoms with E-state index in [4.69, 9.17) is 28.4 Å². The SMILES string of the molecule is COc1cc(/C=N/Nc2nc(-c3ccc([N+](=O)[O-])cc3)cs2)cc(OC)c1OC/C=C/COc1c(OC)cc(/C=N/Nc2nc(-c3ccc([N+](=O)[O-])cc3)cs2)cc1OC. The highest BCUT2D eigenvalue weighted by molar-refractivity contribution is 7.14. The Labute approximate surface area is 350 Å². The van der Waals surface area contributed by atoms with Crippen LogP contribution in [0.1, 0.15) is 11.1 Å². The highest BCUT2D eigenvalue weighted by atomic mass is 32.1. The molecule has 2 N–H and O–H groups in total. The zero-order chi connectivity index (χ0) is 42.4. The average Bonchev–Trinajstić information content (AvgIpc) is 3.95. The summed E-state index contributed by atoms with van der Waals surface area (Å²) in [6, 6.07) is 19.3. The molecule has 0 saturated carbocycles. The predicted octanol–water partition coefficient (Wildman–Crippen LogP) is 8.69. The summed E-state index contributed by atoms with van der Waals surface area (Å²) in [5.74, 6) is 2.53. The Morgan fingerprint density at radius 1 is 0.600 bits per heavy atom. The molecule has 0 fully saturated rings. The summed E-state index contributed by atoms with van der Waals surface area (Å²) in [6.45, 7) is 0.356. The zero-order valence-corrected chi connectivity index (χ0v) is 34.0. The van der Waals surface area contributed by atoms with Gasteiger partial charge in [0.2, 0.25) is 21.8 Å². The number of nitrogens with zero attached hydrogens (tertiary/aromatic N) is 6. The van der Waals surface area contributed by atoms with Gasteiger partial charge < -0.3 is 28.4 Å². The first-order valence-corrected chi connectivity index (χ1v) is 19.4. The van der Waals surface area contributed by atoms with Crippen LogP contribution in [0.25, 0.3) is 22.5 Å². The van der Waals surface area contributed by atoms with Gasteiger partial charge in [-0.25, -0.2) is 9.97 Å². The third kappa shape index (κ3) is 10.7. The van der Waals surface area contributed by atoms with Gasteiger partial charge in [0, 0.05) is 57.3 Å². The van der Waals surface area contributed by atoms with Gasteiger partial charge in [-0.05, 0) is 60.7 Å². The van der Waals surface area contributed by atoms with Crippen molar-refractivity contribution >= 4 is 56.7 Å². The number of benzene rings is 4. The number of non-ortho nitro benzene ring substituents is 2. The predicted molar refractivity (Wildman–Crippen MR) is 230 cm³/mol. The molecular weight excluding hydrogens is 817 g/mol. The van der Waals surface area contributed by atoms with Crippen LogP contribution < -0.4 is 39.3 Å². The number of anilines is 2. The van der Waals surface area contributed by atoms with Crippen LogP contribution in [0, 0.1) is 20.2 Å². The molecule has 6 aromatic rings. The normalized spacial score (nSPS) is 11.2. The summed E-state index contributed by atoms with van der Waals surface area (Å²) in [7, 11) is 6.10. The minimum atomic E-state index is -0.447. The molecule has 2 heterocycles. The fourth-order valence-electron chi connectivity index (χ4n) is 5.38. The molecule has 18 nitrogen and oxygen atoms in total. The van der Waals surface area contributed by atoms with E-state index in [0.29, 0.717) is 67.3 Å². The van der Waals surface area contributed by atoms with Crippen LogP contribution >= 0.6 is 22.7 Å². The second-order valence-corrected chi connectivity index (χ2v) is 13.7. The lowest BCUT2D eigenvalue weighted by Gasteiger charge is -2.15. The van der Waals surface area contributed by atoms with Crippen LogP contribution in [0.3, 0.4) is 0 Å². The molecule has 0 atom stereocenters. The van der Waals surface area contributed by atoms with Crippen LogP contribution in [-0.2, 0) is 0 Å². The van der Waals surface area contributed by atoms with Crippen molar-refractivity contribution in [2.45, 2.75) is 0 Å². The van der Waals surface area contributed by atoms with Crippen molar-refractivity contribution < 1.29 is 38.3 Å². The molecule has 0 aliphatic heterocycles. The minimum Gasteiger partial charge on any atom is -0.493 e. The molecule has 6 rings (SSSR count). The fraction of sp³-hybridized carbons (Fsp3) is 0.150. The quantitative estimate of drug-likeness (QED) is 0.0318. The van der Waals surface area contributed by atoms with Crippen molar-refractivity contribution in [2.75, 3.05) is 52.5 Å². The highest BCUT2D eigenvalue weighted by Crippen LogP contribution is 2.40. The number of nitro groups is 2. The lowest BCUT2D eigenvalue weighted by atomic mass is 10.1. The van der Waals surface area contributed by atoms with E-state index in [9.17, 15) is 20.2 Å². The maximum absolute atomic E-state index is 10.9. The van der Waals surface area contributed by atoms with Crippen LogP contribution in [0.4, 0.5) is 21.6 Å². The van der Waals surface area contributed by atoms with Gasteiger partial charge in [-0.2, -0.15) is 10.2 Å². The summed E-state index contributed by atoms with van der Waals surface area (Å²) < 4.78 is 34.4. The Balaban J connectivity index is 1.01. The van der Waals surface area contributed by atoms with Gasteiger partial charge in [-0.1, -0.05) is 0 Å². The first-order chi connectivity index (χ1) is 29.2. The van der Waals surface area contributed by atoms with Crippen molar-refractivity contribution in [1.82, 2.24) is 9.97 Å². The minimum absolute atomic E-state index is 0.00988. The Hall–Kier alpha value is -7.58. The third-order valence-electron chi connectivity index (χ3n) is 8.28. The smallest absolute Gasteiger partial charge is 0.269 e. The summed E-state index contributed by atoms with van der Waals surface area (Å²) in [5, 5.41) is 35.2. The number of methoxy groups -OCH3 is 4. The number of thiazole rings is 2. The maximum atomic E-state index is 10.9. The second-order valence-electron chi connectivity index (χ2n) is 12.0. The molecule has 0 saturated heterocycles. The van der Waals surface area contributed by atoms with Crippen LogP contribution in [-0.4, -0.2) is 73.9 Å². The fourth-order valence-corrected chi connectivity index (χ4v) is 6.72. The van der Waals surface area contributed by atoms with Gasteiger partial charge in [0.1, 0.15) is 13.2 Å². The molecule has 0 bridgehead atoms. The first kappa shape index (κ1) is 42.0. The van der Waals surface area contributed by atoms with E-state index in [1.165, 1.54) is 75.4 Å². The van der Waals surface area contributed by atoms with Crippen molar-refractivity contribution in [3.05, 3.63) is 127 Å². The van der Waals surface area contributed by atoms with Crippen molar-refractivity contribution in [3.63, 3.8) is 0 Å². The molecule has 0 unspecified atom stereocenters. The number of hydrogen-bond acceptors (Lipinski definition) is 18. The van der Waals surface area contributed by atoms with E-state index in [2.05, 4.69) is 31.0 Å². The van der Waals surface area contributed by atoms with Crippen molar-refractivity contribution in [2.24, 2.45) is 10.2 Å². The number of hydrazone groups is 2. The van der Waals surface area contributed by atoms with Crippen LogP contribution in [0.2, 0.25) is 0 Å². The number of rotatable bonds is 20. The molecule has 0 amide bonds. The zero-order valence-electron chi connectivity index (χ0n) is 32.4. The Morgan fingerprint density at radius 3 is 1.27 bits per heavy atom. The largest absolute Gasteiger partial charge is 0.493 e. The Morgan fingerprint density at radius 2 is 0.950 bits per heavy atom. The Kier molecular flexibility index (Phi) is 14.2. The summed E-state index contributed by atoms with van der Waals surface area (Å²) in [4.78, 5) is 30.0. The van der Waals surface area contributed by atoms with Gasteiger partial charge in [0.05, 0.1) is 62.1 Å². The molecule has 0 spiro atoms. The molecule has 60 heavy (non-hydrogen) atoms. The lowest BCUT2D eigenvalue weighted by Crippen LogP contribution is -2.03. The van der Waals surface area contributed by atoms with Gasteiger partial charge in [-0.15, -0.1) is 22.7 Å². The van der Waals surface area contributed by atoms with E-state index in [1.54, 1.807) is 73.1 Å². The van der Waals surface area contributed by atoms with Crippen molar-refractivity contribution in [3.8, 4) is 57.0 Å². The van der Waals surface area contributed by atoms with Gasteiger partial charge in [0.25, 0.3) is 11.4 Å². The number of ether oxygens (including phenoxy) is 6. The van der Waals surface area contributed by atoms with E-state index in [1.807, 2.05) is 10.8 Å². The molecule has 20 heteroatoms. The van der Waals surface area contributed by atoms with Gasteiger partial charge >= 0.3 is 0 Å². The maximum Gasteiger partial charge on any atom is 0.269 e. The average molecular weight is 853 g/mol. The number of aromatic nitrogens is 2. The van der Waals surface area contributed by atoms with E-state index in [-0.39, 0.29) is 24.6 Å². The molecule has 0 aliphatic carbocycles. The van der Waals surface area contributed by atoms with Gasteiger partial charge in [-0.3, -0.25) is 31.1 Å². The monoisotopic (exact) mass is 852 g/mol. The summed E-state index contributed by atoms with van der Waals surface area (Å²) in [5.41, 5.74) is 9.99. The van der Waals surface area contributed by atoms with Gasteiger partial charge in [0.15, 0.2) is 23.0 Å². The highest BCUT2D eigenvalue weighted by Gasteiger charge is 2.16. The van der Waals surface area contributed by atoms with Crippen LogP contribution in [0.15, 0.2) is 106 Å². The summed E-state index contributed by atoms with van der Waals surface area (Å²) >= 11 is 2.68. The Bertz CT molecular complexity index is 2300. The molecule has 4 aromatic carbocycles. The lowest BCUT2D eigenvalue weighted by molar-refractivity contribution is -0.385. The van der Waals surface area contributed by atoms with E-state index >= 15 is 0 Å². The third-order valence-corrected chi connectivity index (χ3v) is 9.78. The summed E-state index contributed by atoms with van der Waals surface area (Å²) in [6.07, 6.45) is 6.74. The number of nitrogens with one attached hydrogen (secondary N) is 2.